The summed E-state index contributed by atoms with van der Waals surface area (Å²) < 4.78 is 10.5. The van der Waals surface area contributed by atoms with Crippen molar-refractivity contribution in [1.29, 1.82) is 0 Å². The molecule has 1 saturated heterocycles. The van der Waals surface area contributed by atoms with Crippen molar-refractivity contribution < 1.29 is 18.8 Å². The second-order valence-corrected chi connectivity index (χ2v) is 6.18. The van der Waals surface area contributed by atoms with Gasteiger partial charge in [-0.05, 0) is 31.9 Å². The lowest BCUT2D eigenvalue weighted by atomic mass is 10.2. The van der Waals surface area contributed by atoms with E-state index in [1.165, 1.54) is 4.90 Å². The van der Waals surface area contributed by atoms with E-state index in [1.54, 1.807) is 25.1 Å². The maximum Gasteiger partial charge on any atom is 0.322 e. The number of anilines is 2. The van der Waals surface area contributed by atoms with Gasteiger partial charge in [-0.1, -0.05) is 23.4 Å². The van der Waals surface area contributed by atoms with Gasteiger partial charge in [0.1, 0.15) is 12.3 Å². The highest BCUT2D eigenvalue weighted by Gasteiger charge is 2.24. The van der Waals surface area contributed by atoms with Crippen molar-refractivity contribution >= 4 is 23.4 Å². The summed E-state index contributed by atoms with van der Waals surface area (Å²) >= 11 is 0. The highest BCUT2D eigenvalue weighted by atomic mass is 16.5. The molecule has 138 valence electrons. The van der Waals surface area contributed by atoms with Crippen molar-refractivity contribution in [3.8, 4) is 0 Å². The third-order valence-electron chi connectivity index (χ3n) is 3.99. The molecule has 2 aromatic rings. The van der Waals surface area contributed by atoms with Gasteiger partial charge in [-0.2, -0.15) is 0 Å². The van der Waals surface area contributed by atoms with Crippen LogP contribution in [-0.4, -0.2) is 47.8 Å². The molecule has 8 heteroatoms. The van der Waals surface area contributed by atoms with E-state index in [2.05, 4.69) is 15.8 Å². The lowest BCUT2D eigenvalue weighted by Crippen LogP contribution is -2.44. The number of aryl methyl sites for hydroxylation is 1. The zero-order chi connectivity index (χ0) is 18.4. The molecule has 3 amide bonds. The number of nitrogens with one attached hydrogen (secondary N) is 2. The van der Waals surface area contributed by atoms with Gasteiger partial charge in [-0.25, -0.2) is 4.79 Å². The molecule has 8 nitrogen and oxygen atoms in total. The van der Waals surface area contributed by atoms with Crippen molar-refractivity contribution in [2.75, 3.05) is 30.3 Å². The van der Waals surface area contributed by atoms with Crippen LogP contribution in [0, 0.1) is 6.92 Å². The third-order valence-corrected chi connectivity index (χ3v) is 3.99. The second kappa shape index (κ2) is 8.48. The Hall–Kier alpha value is -2.87. The SMILES string of the molecule is Cc1cc(NC(=O)CN(CC2CCCO2)C(=O)Nc2ccccc2)no1. The minimum Gasteiger partial charge on any atom is -0.376 e. The Kier molecular flexibility index (Phi) is 5.85. The normalized spacial score (nSPS) is 16.3. The largest absolute Gasteiger partial charge is 0.376 e. The Morgan fingerprint density at radius 1 is 1.27 bits per heavy atom. The van der Waals surface area contributed by atoms with Crippen LogP contribution >= 0.6 is 0 Å². The maximum atomic E-state index is 12.6. The van der Waals surface area contributed by atoms with Crippen LogP contribution in [0.3, 0.4) is 0 Å². The summed E-state index contributed by atoms with van der Waals surface area (Å²) in [7, 11) is 0. The highest BCUT2D eigenvalue weighted by Crippen LogP contribution is 2.15. The summed E-state index contributed by atoms with van der Waals surface area (Å²) in [6.07, 6.45) is 1.78. The van der Waals surface area contributed by atoms with E-state index in [0.717, 1.165) is 12.8 Å². The highest BCUT2D eigenvalue weighted by molar-refractivity contribution is 5.96. The number of nitrogens with zero attached hydrogens (tertiary/aromatic N) is 2. The zero-order valence-corrected chi connectivity index (χ0v) is 14.6. The minimum atomic E-state index is -0.349. The van der Waals surface area contributed by atoms with Crippen molar-refractivity contribution in [3.05, 3.63) is 42.2 Å². The number of hydrogen-bond donors (Lipinski definition) is 2. The monoisotopic (exact) mass is 358 g/mol. The van der Waals surface area contributed by atoms with Crippen molar-refractivity contribution in [2.24, 2.45) is 0 Å². The smallest absolute Gasteiger partial charge is 0.322 e. The molecule has 2 heterocycles. The fourth-order valence-electron chi connectivity index (χ4n) is 2.76. The number of ether oxygens (including phenoxy) is 1. The molecular weight excluding hydrogens is 336 g/mol. The number of urea groups is 1. The fraction of sp³-hybridized carbons (Fsp3) is 0.389. The van der Waals surface area contributed by atoms with E-state index in [4.69, 9.17) is 9.26 Å². The molecule has 1 aliphatic heterocycles. The van der Waals surface area contributed by atoms with Crippen molar-refractivity contribution in [3.63, 3.8) is 0 Å². The van der Waals surface area contributed by atoms with Gasteiger partial charge in [0.25, 0.3) is 0 Å². The number of carbonyl (C=O) groups is 2. The number of benzene rings is 1. The summed E-state index contributed by atoms with van der Waals surface area (Å²) in [5.41, 5.74) is 0.669. The molecule has 1 atom stereocenters. The van der Waals surface area contributed by atoms with Gasteiger partial charge in [-0.15, -0.1) is 0 Å². The first-order chi connectivity index (χ1) is 12.6. The van der Waals surface area contributed by atoms with E-state index < -0.39 is 0 Å². The first kappa shape index (κ1) is 17.9. The Bertz CT molecular complexity index is 741. The summed E-state index contributed by atoms with van der Waals surface area (Å²) in [6.45, 7) is 2.66. The number of rotatable bonds is 6. The summed E-state index contributed by atoms with van der Waals surface area (Å²) in [5.74, 6) is 0.575. The zero-order valence-electron chi connectivity index (χ0n) is 14.6. The molecule has 0 bridgehead atoms. The molecule has 1 aliphatic rings. The number of aromatic nitrogens is 1. The molecule has 26 heavy (non-hydrogen) atoms. The standard InChI is InChI=1S/C18H22N4O4/c1-13-10-16(21-26-13)20-17(23)12-22(11-15-8-5-9-25-15)18(24)19-14-6-3-2-4-7-14/h2-4,6-7,10,15H,5,8-9,11-12H2,1H3,(H,19,24)(H,20,21,23). The first-order valence-corrected chi connectivity index (χ1v) is 8.56. The van der Waals surface area contributed by atoms with Crippen molar-refractivity contribution in [2.45, 2.75) is 25.9 Å². The molecule has 0 saturated carbocycles. The van der Waals surface area contributed by atoms with Crippen LogP contribution in [0.1, 0.15) is 18.6 Å². The van der Waals surface area contributed by atoms with Gasteiger partial charge < -0.3 is 24.8 Å². The maximum absolute atomic E-state index is 12.6. The molecule has 1 fully saturated rings. The van der Waals surface area contributed by atoms with Crippen LogP contribution in [0.4, 0.5) is 16.3 Å². The first-order valence-electron chi connectivity index (χ1n) is 8.56. The Morgan fingerprint density at radius 3 is 2.73 bits per heavy atom. The molecule has 3 rings (SSSR count). The van der Waals surface area contributed by atoms with Crippen molar-refractivity contribution in [1.82, 2.24) is 10.1 Å². The summed E-state index contributed by atoms with van der Waals surface area (Å²) in [5, 5.41) is 9.17. The number of amides is 3. The molecule has 0 aliphatic carbocycles. The molecule has 1 aromatic carbocycles. The van der Waals surface area contributed by atoms with Crippen LogP contribution in [0.15, 0.2) is 40.9 Å². The van der Waals surface area contributed by atoms with Crippen LogP contribution in [-0.2, 0) is 9.53 Å². The summed E-state index contributed by atoms with van der Waals surface area (Å²) in [4.78, 5) is 26.4. The summed E-state index contributed by atoms with van der Waals surface area (Å²) in [6, 6.07) is 10.4. The predicted molar refractivity (Wildman–Crippen MR) is 95.9 cm³/mol. The van der Waals surface area contributed by atoms with Crippen LogP contribution < -0.4 is 10.6 Å². The second-order valence-electron chi connectivity index (χ2n) is 6.18. The quantitative estimate of drug-likeness (QED) is 0.827. The Balaban J connectivity index is 1.63. The minimum absolute atomic E-state index is 0.0568. The van der Waals surface area contributed by atoms with Gasteiger partial charge in [0.2, 0.25) is 5.91 Å². The fourth-order valence-corrected chi connectivity index (χ4v) is 2.76. The molecular formula is C18H22N4O4. The van der Waals surface area contributed by atoms with Gasteiger partial charge in [0, 0.05) is 24.9 Å². The predicted octanol–water partition coefficient (Wildman–Crippen LogP) is 2.63. The Labute approximate surface area is 151 Å². The molecule has 0 radical (unpaired) electrons. The number of carbonyl (C=O) groups excluding carboxylic acids is 2. The lowest BCUT2D eigenvalue weighted by Gasteiger charge is -2.25. The van der Waals surface area contributed by atoms with Crippen LogP contribution in [0.25, 0.3) is 0 Å². The topological polar surface area (TPSA) is 96.7 Å². The van der Waals surface area contributed by atoms with Gasteiger partial charge in [0.15, 0.2) is 5.82 Å². The van der Waals surface area contributed by atoms with Gasteiger partial charge in [0.05, 0.1) is 6.10 Å². The van der Waals surface area contributed by atoms with E-state index in [0.29, 0.717) is 30.4 Å². The van der Waals surface area contributed by atoms with Gasteiger partial charge in [-0.3, -0.25) is 4.79 Å². The molecule has 1 unspecified atom stereocenters. The van der Waals surface area contributed by atoms with E-state index in [9.17, 15) is 9.59 Å². The molecule has 1 aromatic heterocycles. The van der Waals surface area contributed by atoms with E-state index >= 15 is 0 Å². The van der Waals surface area contributed by atoms with Gasteiger partial charge >= 0.3 is 6.03 Å². The lowest BCUT2D eigenvalue weighted by molar-refractivity contribution is -0.117. The van der Waals surface area contributed by atoms with E-state index in [-0.39, 0.29) is 24.6 Å². The average molecular weight is 358 g/mol. The molecule has 0 spiro atoms. The van der Waals surface area contributed by atoms with E-state index in [1.807, 2.05) is 18.2 Å². The number of hydrogen-bond acceptors (Lipinski definition) is 5. The average Bonchev–Trinajstić information content (AvgIpc) is 3.27. The van der Waals surface area contributed by atoms with Crippen LogP contribution in [0.2, 0.25) is 0 Å². The number of para-hydroxylation sites is 1. The third kappa shape index (κ3) is 5.06. The van der Waals surface area contributed by atoms with Crippen LogP contribution in [0.5, 0.6) is 0 Å². The molecule has 2 N–H and O–H groups in total. The Morgan fingerprint density at radius 2 is 2.08 bits per heavy atom.